The molecule has 4 aromatic rings. The summed E-state index contributed by atoms with van der Waals surface area (Å²) < 4.78 is 39.7. The minimum absolute atomic E-state index is 0.107. The second-order valence-electron chi connectivity index (χ2n) is 8.35. The van der Waals surface area contributed by atoms with Crippen molar-refractivity contribution in [2.75, 3.05) is 45.9 Å². The fourth-order valence-electron chi connectivity index (χ4n) is 3.99. The van der Waals surface area contributed by atoms with E-state index in [0.29, 0.717) is 29.2 Å². The Hall–Kier alpha value is -3.47. The monoisotopic (exact) mass is 510 g/mol. The van der Waals surface area contributed by atoms with E-state index in [1.54, 1.807) is 0 Å². The molecule has 0 saturated carbocycles. The lowest BCUT2D eigenvalue weighted by molar-refractivity contribution is -0.109. The highest BCUT2D eigenvalue weighted by molar-refractivity contribution is 7.17. The molecule has 36 heavy (non-hydrogen) atoms. The summed E-state index contributed by atoms with van der Waals surface area (Å²) in [6, 6.07) is 12.4. The molecular formula is C26H24F2N4O3S. The summed E-state index contributed by atoms with van der Waals surface area (Å²) in [7, 11) is 0. The highest BCUT2D eigenvalue weighted by Gasteiger charge is 2.17. The number of hydrogen-bond acceptors (Lipinski definition) is 8. The van der Waals surface area contributed by atoms with Crippen LogP contribution in [0.3, 0.4) is 0 Å². The van der Waals surface area contributed by atoms with Gasteiger partial charge >= 0.3 is 0 Å². The molecule has 0 unspecified atom stereocenters. The number of nitrogens with zero attached hydrogens (tertiary/aromatic N) is 4. The van der Waals surface area contributed by atoms with Crippen LogP contribution in [0.1, 0.15) is 0 Å². The van der Waals surface area contributed by atoms with Crippen LogP contribution in [0.15, 0.2) is 53.9 Å². The second kappa shape index (κ2) is 11.1. The first-order valence-corrected chi connectivity index (χ1v) is 12.5. The van der Waals surface area contributed by atoms with Crippen molar-refractivity contribution >= 4 is 27.8 Å². The van der Waals surface area contributed by atoms with E-state index in [9.17, 15) is 13.6 Å². The van der Waals surface area contributed by atoms with E-state index in [-0.39, 0.29) is 11.6 Å². The Balaban J connectivity index is 1.24. The van der Waals surface area contributed by atoms with Crippen LogP contribution in [0.5, 0.6) is 17.4 Å². The third-order valence-corrected chi connectivity index (χ3v) is 6.85. The van der Waals surface area contributed by atoms with Crippen molar-refractivity contribution in [1.82, 2.24) is 19.8 Å². The minimum atomic E-state index is -0.802. The van der Waals surface area contributed by atoms with E-state index in [1.165, 1.54) is 17.4 Å². The smallest absolute Gasteiger partial charge is 0.241 e. The molecule has 0 N–H and O–H groups in total. The predicted molar refractivity (Wildman–Crippen MR) is 134 cm³/mol. The van der Waals surface area contributed by atoms with Gasteiger partial charge in [-0.1, -0.05) is 0 Å². The van der Waals surface area contributed by atoms with E-state index < -0.39 is 11.6 Å². The molecule has 0 atom stereocenters. The lowest BCUT2D eigenvalue weighted by Gasteiger charge is -2.33. The normalized spacial score (nSPS) is 14.7. The number of rotatable bonds is 9. The summed E-state index contributed by atoms with van der Waals surface area (Å²) in [5.41, 5.74) is 1.43. The molecule has 0 aliphatic carbocycles. The lowest BCUT2D eigenvalue weighted by atomic mass is 10.2. The van der Waals surface area contributed by atoms with Gasteiger partial charge in [-0.15, -0.1) is 11.3 Å². The first-order valence-electron chi connectivity index (χ1n) is 11.6. The number of fused-ring (bicyclic) bond motifs is 1. The fraction of sp³-hybridized carbons (Fsp3) is 0.269. The maximum absolute atomic E-state index is 14.2. The van der Waals surface area contributed by atoms with Gasteiger partial charge in [-0.05, 0) is 47.8 Å². The molecule has 1 aliphatic heterocycles. The Bertz CT molecular complexity index is 1340. The Labute approximate surface area is 210 Å². The summed E-state index contributed by atoms with van der Waals surface area (Å²) in [6.07, 6.45) is 0.950. The number of ether oxygens (including phenoxy) is 2. The van der Waals surface area contributed by atoms with Crippen molar-refractivity contribution in [3.05, 3.63) is 65.5 Å². The molecule has 5 rings (SSSR count). The van der Waals surface area contributed by atoms with Gasteiger partial charge in [0.25, 0.3) is 0 Å². The maximum Gasteiger partial charge on any atom is 0.241 e. The van der Waals surface area contributed by atoms with Gasteiger partial charge in [0.2, 0.25) is 5.88 Å². The topological polar surface area (TPSA) is 67.8 Å². The molecule has 186 valence electrons. The minimum Gasteiger partial charge on any atom is -0.492 e. The number of carbonyl (C=O) groups is 1. The van der Waals surface area contributed by atoms with E-state index in [4.69, 9.17) is 9.47 Å². The first kappa shape index (κ1) is 24.2. The van der Waals surface area contributed by atoms with Crippen LogP contribution in [-0.4, -0.2) is 71.9 Å². The van der Waals surface area contributed by atoms with Gasteiger partial charge in [-0.2, -0.15) is 4.98 Å². The van der Waals surface area contributed by atoms with Gasteiger partial charge < -0.3 is 14.3 Å². The zero-order valence-corrected chi connectivity index (χ0v) is 20.2. The van der Waals surface area contributed by atoms with Crippen molar-refractivity contribution in [2.24, 2.45) is 0 Å². The molecule has 1 fully saturated rings. The van der Waals surface area contributed by atoms with Crippen LogP contribution in [-0.2, 0) is 4.79 Å². The SMILES string of the molecule is O=CCN1CCN(CCOc2ccc(-c3nc(Oc4ccc(F)cc4F)c4sccc4n3)cc2)CC1. The maximum atomic E-state index is 14.2. The lowest BCUT2D eigenvalue weighted by Crippen LogP contribution is -2.47. The molecule has 0 radical (unpaired) electrons. The van der Waals surface area contributed by atoms with Crippen molar-refractivity contribution in [2.45, 2.75) is 0 Å². The number of carbonyl (C=O) groups excluding carboxylic acids is 1. The molecule has 1 saturated heterocycles. The molecule has 0 amide bonds. The summed E-state index contributed by atoms with van der Waals surface area (Å²) in [6.45, 7) is 5.50. The standard InChI is InChI=1S/C26H24F2N4O3S/c27-19-3-6-23(21(28)17-19)35-26-24-22(7-16-36-24)29-25(30-26)18-1-4-20(5-2-18)34-15-13-32-10-8-31(9-11-32)12-14-33/h1-7,14,16-17H,8-13,15H2. The Kier molecular flexibility index (Phi) is 7.45. The molecule has 0 bridgehead atoms. The van der Waals surface area contributed by atoms with Gasteiger partial charge in [0.1, 0.15) is 29.2 Å². The Morgan fingerprint density at radius 2 is 1.75 bits per heavy atom. The zero-order chi connectivity index (χ0) is 24.9. The van der Waals surface area contributed by atoms with Crippen molar-refractivity contribution in [3.63, 3.8) is 0 Å². The largest absolute Gasteiger partial charge is 0.492 e. The molecule has 0 spiro atoms. The molecule has 10 heteroatoms. The Morgan fingerprint density at radius 3 is 2.50 bits per heavy atom. The van der Waals surface area contributed by atoms with E-state index in [2.05, 4.69) is 19.8 Å². The summed E-state index contributed by atoms with van der Waals surface area (Å²) in [4.78, 5) is 24.2. The second-order valence-corrected chi connectivity index (χ2v) is 9.26. The van der Waals surface area contributed by atoms with E-state index in [0.717, 1.165) is 62.5 Å². The van der Waals surface area contributed by atoms with Crippen LogP contribution in [0, 0.1) is 11.6 Å². The van der Waals surface area contributed by atoms with Crippen LogP contribution in [0.25, 0.3) is 21.6 Å². The quantitative estimate of drug-likeness (QED) is 0.304. The molecule has 2 aromatic heterocycles. The highest BCUT2D eigenvalue weighted by Crippen LogP contribution is 2.34. The van der Waals surface area contributed by atoms with E-state index >= 15 is 0 Å². The average Bonchev–Trinajstić information content (AvgIpc) is 3.36. The Morgan fingerprint density at radius 1 is 0.972 bits per heavy atom. The molecule has 3 heterocycles. The molecule has 1 aliphatic rings. The average molecular weight is 511 g/mol. The molecular weight excluding hydrogens is 486 g/mol. The molecule has 7 nitrogen and oxygen atoms in total. The first-order chi connectivity index (χ1) is 17.6. The number of hydrogen-bond donors (Lipinski definition) is 0. The molecule has 2 aromatic carbocycles. The number of benzene rings is 2. The van der Waals surface area contributed by atoms with E-state index in [1.807, 2.05) is 35.7 Å². The van der Waals surface area contributed by atoms with Crippen molar-refractivity contribution < 1.29 is 23.0 Å². The van der Waals surface area contributed by atoms with Crippen LogP contribution in [0.4, 0.5) is 8.78 Å². The number of thiophene rings is 1. The van der Waals surface area contributed by atoms with Gasteiger partial charge in [0.15, 0.2) is 17.4 Å². The summed E-state index contributed by atoms with van der Waals surface area (Å²) in [5.74, 6) is -0.208. The van der Waals surface area contributed by atoms with Gasteiger partial charge in [0.05, 0.1) is 12.1 Å². The van der Waals surface area contributed by atoms with Crippen LogP contribution >= 0.6 is 11.3 Å². The zero-order valence-electron chi connectivity index (χ0n) is 19.4. The van der Waals surface area contributed by atoms with Gasteiger partial charge in [0, 0.05) is 44.4 Å². The third kappa shape index (κ3) is 5.67. The van der Waals surface area contributed by atoms with Crippen molar-refractivity contribution in [3.8, 4) is 28.8 Å². The number of aldehydes is 1. The number of piperazine rings is 1. The fourth-order valence-corrected chi connectivity index (χ4v) is 4.75. The van der Waals surface area contributed by atoms with Crippen LogP contribution < -0.4 is 9.47 Å². The number of aromatic nitrogens is 2. The summed E-state index contributed by atoms with van der Waals surface area (Å²) in [5, 5.41) is 1.86. The third-order valence-electron chi connectivity index (χ3n) is 5.96. The van der Waals surface area contributed by atoms with Crippen molar-refractivity contribution in [1.29, 1.82) is 0 Å². The number of halogens is 2. The highest BCUT2D eigenvalue weighted by atomic mass is 32.1. The summed E-state index contributed by atoms with van der Waals surface area (Å²) >= 11 is 1.38. The van der Waals surface area contributed by atoms with Crippen LogP contribution in [0.2, 0.25) is 0 Å². The van der Waals surface area contributed by atoms with Gasteiger partial charge in [-0.25, -0.2) is 13.8 Å². The predicted octanol–water partition coefficient (Wildman–Crippen LogP) is 4.62. The van der Waals surface area contributed by atoms with Gasteiger partial charge in [-0.3, -0.25) is 9.80 Å².